The maximum absolute atomic E-state index is 13.7. The Kier molecular flexibility index (Phi) is 8.26. The highest BCUT2D eigenvalue weighted by Crippen LogP contribution is 2.24. The predicted molar refractivity (Wildman–Crippen MR) is 101 cm³/mol. The first kappa shape index (κ1) is 18.9. The number of hydrogen-bond acceptors (Lipinski definition) is 2. The van der Waals surface area contributed by atoms with Crippen molar-refractivity contribution in [2.45, 2.75) is 45.8 Å². The number of rotatable bonds is 10. The van der Waals surface area contributed by atoms with Crippen LogP contribution in [0.4, 0.5) is 4.39 Å². The summed E-state index contributed by atoms with van der Waals surface area (Å²) in [4.78, 5) is 0. The van der Waals surface area contributed by atoms with Gasteiger partial charge in [0.05, 0.1) is 0 Å². The molecule has 0 unspecified atom stereocenters. The number of hydrogen-bond donors (Lipinski definition) is 1. The topological polar surface area (TPSA) is 21.3 Å². The average Bonchev–Trinajstić information content (AvgIpc) is 2.58. The van der Waals surface area contributed by atoms with Crippen LogP contribution in [0.3, 0.4) is 0 Å². The zero-order valence-electron chi connectivity index (χ0n) is 14.2. The van der Waals surface area contributed by atoms with Crippen LogP contribution in [-0.4, -0.2) is 6.54 Å². The largest absolute Gasteiger partial charge is 0.488 e. The molecular formula is C20H25BrFNO. The first-order chi connectivity index (χ1) is 11.7. The third kappa shape index (κ3) is 6.25. The molecule has 0 aliphatic rings. The van der Waals surface area contributed by atoms with Crippen LogP contribution < -0.4 is 10.1 Å². The summed E-state index contributed by atoms with van der Waals surface area (Å²) >= 11 is 3.50. The second-order valence-electron chi connectivity index (χ2n) is 5.87. The van der Waals surface area contributed by atoms with Crippen molar-refractivity contribution in [2.24, 2.45) is 0 Å². The molecule has 0 saturated heterocycles. The Morgan fingerprint density at radius 2 is 1.88 bits per heavy atom. The Hall–Kier alpha value is -1.39. The fraction of sp³-hybridized carbons (Fsp3) is 0.400. The second kappa shape index (κ2) is 10.5. The Morgan fingerprint density at radius 3 is 2.67 bits per heavy atom. The molecule has 0 bridgehead atoms. The quantitative estimate of drug-likeness (QED) is 0.512. The van der Waals surface area contributed by atoms with E-state index in [-0.39, 0.29) is 12.4 Å². The molecule has 0 aliphatic heterocycles. The Morgan fingerprint density at radius 1 is 1.04 bits per heavy atom. The Bertz CT molecular complexity index is 633. The third-order valence-corrected chi connectivity index (χ3v) is 4.38. The van der Waals surface area contributed by atoms with Gasteiger partial charge in [0.2, 0.25) is 0 Å². The highest BCUT2D eigenvalue weighted by atomic mass is 79.9. The monoisotopic (exact) mass is 393 g/mol. The van der Waals surface area contributed by atoms with E-state index in [0.717, 1.165) is 28.9 Å². The van der Waals surface area contributed by atoms with Crippen LogP contribution in [0.1, 0.15) is 43.7 Å². The van der Waals surface area contributed by atoms with E-state index in [2.05, 4.69) is 34.2 Å². The number of unbranched alkanes of at least 4 members (excludes halogenated alkanes) is 3. The molecule has 2 rings (SSSR count). The van der Waals surface area contributed by atoms with Crippen molar-refractivity contribution in [2.75, 3.05) is 6.54 Å². The van der Waals surface area contributed by atoms with Crippen LogP contribution >= 0.6 is 15.9 Å². The standard InChI is InChI=1S/C20H25BrFNO/c1-2-3-4-7-12-23-14-17-13-18(21)10-11-20(17)24-15-16-8-5-6-9-19(16)22/h5-6,8-11,13,23H,2-4,7,12,14-15H2,1H3. The minimum absolute atomic E-state index is 0.231. The zero-order valence-corrected chi connectivity index (χ0v) is 15.7. The Balaban J connectivity index is 1.91. The van der Waals surface area contributed by atoms with Crippen molar-refractivity contribution in [1.29, 1.82) is 0 Å². The lowest BCUT2D eigenvalue weighted by Gasteiger charge is -2.13. The van der Waals surface area contributed by atoms with Crippen LogP contribution in [0, 0.1) is 5.82 Å². The molecule has 130 valence electrons. The predicted octanol–water partition coefficient (Wildman–Crippen LogP) is 5.84. The summed E-state index contributed by atoms with van der Waals surface area (Å²) in [6.45, 7) is 4.20. The van der Waals surface area contributed by atoms with Gasteiger partial charge in [0.25, 0.3) is 0 Å². The van der Waals surface area contributed by atoms with E-state index in [1.54, 1.807) is 12.1 Å². The molecule has 24 heavy (non-hydrogen) atoms. The molecule has 0 heterocycles. The zero-order chi connectivity index (χ0) is 17.2. The number of ether oxygens (including phenoxy) is 1. The van der Waals surface area contributed by atoms with Crippen molar-refractivity contribution >= 4 is 15.9 Å². The maximum atomic E-state index is 13.7. The van der Waals surface area contributed by atoms with E-state index >= 15 is 0 Å². The smallest absolute Gasteiger partial charge is 0.129 e. The van der Waals surface area contributed by atoms with Crippen molar-refractivity contribution in [3.05, 3.63) is 63.9 Å². The van der Waals surface area contributed by atoms with Gasteiger partial charge in [-0.2, -0.15) is 0 Å². The second-order valence-corrected chi connectivity index (χ2v) is 6.79. The molecule has 0 aromatic heterocycles. The summed E-state index contributed by atoms with van der Waals surface area (Å²) in [5.74, 6) is 0.563. The Labute approximate surface area is 152 Å². The van der Waals surface area contributed by atoms with Gasteiger partial charge in [-0.3, -0.25) is 0 Å². The normalized spacial score (nSPS) is 10.8. The van der Waals surface area contributed by atoms with Gasteiger partial charge in [-0.25, -0.2) is 4.39 Å². The third-order valence-electron chi connectivity index (χ3n) is 3.89. The van der Waals surface area contributed by atoms with Crippen LogP contribution in [0.2, 0.25) is 0 Å². The van der Waals surface area contributed by atoms with E-state index in [4.69, 9.17) is 4.74 Å². The van der Waals surface area contributed by atoms with Gasteiger partial charge in [-0.05, 0) is 37.2 Å². The summed E-state index contributed by atoms with van der Waals surface area (Å²) in [6.07, 6.45) is 4.99. The molecule has 1 N–H and O–H groups in total. The molecule has 4 heteroatoms. The van der Waals surface area contributed by atoms with Crippen molar-refractivity contribution in [3.63, 3.8) is 0 Å². The minimum Gasteiger partial charge on any atom is -0.488 e. The van der Waals surface area contributed by atoms with E-state index in [1.165, 1.54) is 31.7 Å². The van der Waals surface area contributed by atoms with Crippen molar-refractivity contribution in [3.8, 4) is 5.75 Å². The van der Waals surface area contributed by atoms with Gasteiger partial charge in [-0.1, -0.05) is 60.3 Å². The molecule has 2 aromatic rings. The van der Waals surface area contributed by atoms with Crippen molar-refractivity contribution in [1.82, 2.24) is 5.32 Å². The summed E-state index contributed by atoms with van der Waals surface area (Å²) in [7, 11) is 0. The molecule has 0 saturated carbocycles. The summed E-state index contributed by atoms with van der Waals surface area (Å²) in [6, 6.07) is 12.6. The molecule has 0 atom stereocenters. The van der Waals surface area contributed by atoms with E-state index in [0.29, 0.717) is 5.56 Å². The van der Waals surface area contributed by atoms with Gasteiger partial charge in [0.15, 0.2) is 0 Å². The fourth-order valence-electron chi connectivity index (χ4n) is 2.50. The van der Waals surface area contributed by atoms with Gasteiger partial charge in [-0.15, -0.1) is 0 Å². The van der Waals surface area contributed by atoms with Gasteiger partial charge in [0.1, 0.15) is 18.2 Å². The van der Waals surface area contributed by atoms with E-state index in [1.807, 2.05) is 18.2 Å². The molecular weight excluding hydrogens is 369 g/mol. The maximum Gasteiger partial charge on any atom is 0.129 e. The summed E-state index contributed by atoms with van der Waals surface area (Å²) in [5, 5.41) is 3.46. The van der Waals surface area contributed by atoms with E-state index in [9.17, 15) is 4.39 Å². The lowest BCUT2D eigenvalue weighted by atomic mass is 10.1. The van der Waals surface area contributed by atoms with Gasteiger partial charge >= 0.3 is 0 Å². The summed E-state index contributed by atoms with van der Waals surface area (Å²) in [5.41, 5.74) is 1.65. The fourth-order valence-corrected chi connectivity index (χ4v) is 2.91. The van der Waals surface area contributed by atoms with E-state index < -0.39 is 0 Å². The molecule has 0 amide bonds. The molecule has 0 radical (unpaired) electrons. The highest BCUT2D eigenvalue weighted by molar-refractivity contribution is 9.10. The number of benzene rings is 2. The molecule has 0 aliphatic carbocycles. The first-order valence-electron chi connectivity index (χ1n) is 8.56. The van der Waals surface area contributed by atoms with Crippen LogP contribution in [-0.2, 0) is 13.2 Å². The number of nitrogens with one attached hydrogen (secondary N) is 1. The average molecular weight is 394 g/mol. The summed E-state index contributed by atoms with van der Waals surface area (Å²) < 4.78 is 20.6. The van der Waals surface area contributed by atoms with Crippen LogP contribution in [0.15, 0.2) is 46.9 Å². The first-order valence-corrected chi connectivity index (χ1v) is 9.35. The van der Waals surface area contributed by atoms with Crippen LogP contribution in [0.25, 0.3) is 0 Å². The molecule has 2 aromatic carbocycles. The molecule has 0 spiro atoms. The van der Waals surface area contributed by atoms with Gasteiger partial charge in [0, 0.05) is 22.1 Å². The lowest BCUT2D eigenvalue weighted by Crippen LogP contribution is -2.15. The van der Waals surface area contributed by atoms with Crippen LogP contribution in [0.5, 0.6) is 5.75 Å². The molecule has 2 nitrogen and oxygen atoms in total. The highest BCUT2D eigenvalue weighted by Gasteiger charge is 2.07. The van der Waals surface area contributed by atoms with Crippen molar-refractivity contribution < 1.29 is 9.13 Å². The SMILES string of the molecule is CCCCCCNCc1cc(Br)ccc1OCc1ccccc1F. The lowest BCUT2D eigenvalue weighted by molar-refractivity contribution is 0.296. The van der Waals surface area contributed by atoms with Gasteiger partial charge < -0.3 is 10.1 Å². The minimum atomic E-state index is -0.231. The molecule has 0 fully saturated rings. The number of halogens is 2.